The monoisotopic (exact) mass is 332 g/mol. The van der Waals surface area contributed by atoms with Crippen molar-refractivity contribution in [2.45, 2.75) is 31.1 Å². The molecule has 1 aliphatic heterocycles. The van der Waals surface area contributed by atoms with Crippen molar-refractivity contribution in [1.82, 2.24) is 9.97 Å². The predicted molar refractivity (Wildman–Crippen MR) is 70.5 cm³/mol. The van der Waals surface area contributed by atoms with Crippen LogP contribution < -0.4 is 5.56 Å². The molecule has 5 nitrogen and oxygen atoms in total. The Bertz CT molecular complexity index is 649. The van der Waals surface area contributed by atoms with Crippen molar-refractivity contribution < 1.29 is 8.42 Å². The fraction of sp³-hybridized carbons (Fsp3) is 0.636. The van der Waals surface area contributed by atoms with Crippen LogP contribution in [0, 0.1) is 0 Å². The number of aromatic nitrogens is 2. The molecule has 2 heterocycles. The smallest absolute Gasteiger partial charge is 0.265 e. The maximum Gasteiger partial charge on any atom is 0.265 e. The van der Waals surface area contributed by atoms with Gasteiger partial charge in [0, 0.05) is 11.8 Å². The van der Waals surface area contributed by atoms with Crippen LogP contribution in [0.1, 0.15) is 42.6 Å². The van der Waals surface area contributed by atoms with Crippen LogP contribution >= 0.6 is 15.9 Å². The summed E-state index contributed by atoms with van der Waals surface area (Å²) in [5.74, 6) is 1.02. The van der Waals surface area contributed by atoms with Gasteiger partial charge in [0.25, 0.3) is 5.56 Å². The van der Waals surface area contributed by atoms with Crippen molar-refractivity contribution in [1.29, 1.82) is 0 Å². The first-order chi connectivity index (χ1) is 8.46. The lowest BCUT2D eigenvalue weighted by Crippen LogP contribution is -2.18. The van der Waals surface area contributed by atoms with E-state index in [1.807, 2.05) is 0 Å². The number of halogens is 1. The minimum absolute atomic E-state index is 0.0989. The van der Waals surface area contributed by atoms with Gasteiger partial charge in [0.1, 0.15) is 10.3 Å². The van der Waals surface area contributed by atoms with Gasteiger partial charge < -0.3 is 4.98 Å². The van der Waals surface area contributed by atoms with E-state index in [1.165, 1.54) is 0 Å². The first kappa shape index (κ1) is 12.3. The molecule has 1 saturated carbocycles. The van der Waals surface area contributed by atoms with E-state index < -0.39 is 9.84 Å². The van der Waals surface area contributed by atoms with Crippen molar-refractivity contribution in [2.24, 2.45) is 0 Å². The second kappa shape index (κ2) is 4.16. The van der Waals surface area contributed by atoms with Gasteiger partial charge in [-0.1, -0.05) is 0 Å². The van der Waals surface area contributed by atoms with Gasteiger partial charge in [-0.05, 0) is 35.2 Å². The summed E-state index contributed by atoms with van der Waals surface area (Å²) in [5, 5.41) is 0. The van der Waals surface area contributed by atoms with E-state index in [9.17, 15) is 13.2 Å². The zero-order valence-electron chi connectivity index (χ0n) is 9.65. The molecule has 0 amide bonds. The van der Waals surface area contributed by atoms with Crippen LogP contribution in [0.2, 0.25) is 0 Å². The lowest BCUT2D eigenvalue weighted by molar-refractivity contribution is 0.601. The molecule has 0 aromatic carbocycles. The molecule has 7 heteroatoms. The Balaban J connectivity index is 2.00. The van der Waals surface area contributed by atoms with Crippen LogP contribution in [0.5, 0.6) is 0 Å². The summed E-state index contributed by atoms with van der Waals surface area (Å²) in [6.07, 6.45) is 2.66. The molecule has 0 spiro atoms. The Kier molecular flexibility index (Phi) is 2.85. The van der Waals surface area contributed by atoms with E-state index in [2.05, 4.69) is 25.9 Å². The first-order valence-corrected chi connectivity index (χ1v) is 8.58. The largest absolute Gasteiger partial charge is 0.309 e. The van der Waals surface area contributed by atoms with Gasteiger partial charge in [-0.2, -0.15) is 0 Å². The van der Waals surface area contributed by atoms with Crippen molar-refractivity contribution in [3.63, 3.8) is 0 Å². The van der Waals surface area contributed by atoms with Gasteiger partial charge in [0.15, 0.2) is 9.84 Å². The average Bonchev–Trinajstić information content (AvgIpc) is 3.07. The molecule has 2 fully saturated rings. The highest BCUT2D eigenvalue weighted by Gasteiger charge is 2.33. The second-order valence-corrected chi connectivity index (χ2v) is 8.05. The zero-order valence-corrected chi connectivity index (χ0v) is 12.1. The van der Waals surface area contributed by atoms with E-state index in [0.29, 0.717) is 22.6 Å². The molecule has 1 N–H and O–H groups in total. The molecule has 0 radical (unpaired) electrons. The molecule has 98 valence electrons. The second-order valence-electron chi connectivity index (χ2n) is 5.02. The van der Waals surface area contributed by atoms with Crippen molar-refractivity contribution >= 4 is 25.8 Å². The topological polar surface area (TPSA) is 79.9 Å². The zero-order chi connectivity index (χ0) is 12.9. The Morgan fingerprint density at radius 1 is 1.22 bits per heavy atom. The third-order valence-corrected chi connectivity index (χ3v) is 6.02. The lowest BCUT2D eigenvalue weighted by Gasteiger charge is -2.09. The van der Waals surface area contributed by atoms with E-state index in [1.54, 1.807) is 0 Å². The number of sulfone groups is 1. The Morgan fingerprint density at radius 3 is 2.50 bits per heavy atom. The van der Waals surface area contributed by atoms with Gasteiger partial charge >= 0.3 is 0 Å². The summed E-state index contributed by atoms with van der Waals surface area (Å²) >= 11 is 3.26. The van der Waals surface area contributed by atoms with Crippen molar-refractivity contribution in [3.05, 3.63) is 26.3 Å². The number of hydrogen-bond acceptors (Lipinski definition) is 4. The first-order valence-electron chi connectivity index (χ1n) is 5.96. The molecular weight excluding hydrogens is 320 g/mol. The number of aromatic amines is 1. The van der Waals surface area contributed by atoms with Crippen LogP contribution in [0.25, 0.3) is 0 Å². The molecule has 1 saturated heterocycles. The third kappa shape index (κ3) is 2.25. The average molecular weight is 333 g/mol. The summed E-state index contributed by atoms with van der Waals surface area (Å²) in [4.78, 5) is 19.0. The minimum atomic E-state index is -2.96. The molecule has 18 heavy (non-hydrogen) atoms. The number of hydrogen-bond donors (Lipinski definition) is 1. The number of rotatable bonds is 2. The van der Waals surface area contributed by atoms with Gasteiger partial charge in [-0.15, -0.1) is 0 Å². The summed E-state index contributed by atoms with van der Waals surface area (Å²) in [7, 11) is -2.96. The van der Waals surface area contributed by atoms with Crippen LogP contribution in [0.15, 0.2) is 9.27 Å². The summed E-state index contributed by atoms with van der Waals surface area (Å²) in [6, 6.07) is 0. The summed E-state index contributed by atoms with van der Waals surface area (Å²) < 4.78 is 23.4. The van der Waals surface area contributed by atoms with Gasteiger partial charge in [0.2, 0.25) is 0 Å². The predicted octanol–water partition coefficient (Wildman–Crippen LogP) is 1.31. The molecule has 3 rings (SSSR count). The van der Waals surface area contributed by atoms with Crippen LogP contribution in [-0.4, -0.2) is 29.9 Å². The fourth-order valence-electron chi connectivity index (χ4n) is 2.33. The molecular formula is C11H13BrN2O3S. The molecule has 1 atom stereocenters. The quantitative estimate of drug-likeness (QED) is 0.885. The standard InChI is InChI=1S/C11H13BrN2O3S/c12-8-9(6-1-2-6)13-10(14-11(8)15)7-3-4-18(16,17)5-7/h6-7H,1-5H2,(H,13,14,15). The Labute approximate surface area is 113 Å². The molecule has 1 aromatic rings. The lowest BCUT2D eigenvalue weighted by atomic mass is 10.1. The summed E-state index contributed by atoms with van der Waals surface area (Å²) in [6.45, 7) is 0. The van der Waals surface area contributed by atoms with Gasteiger partial charge in [0.05, 0.1) is 17.2 Å². The molecule has 2 aliphatic rings. The molecule has 1 aliphatic carbocycles. The molecule has 0 bridgehead atoms. The number of H-pyrrole nitrogens is 1. The van der Waals surface area contributed by atoms with Crippen LogP contribution in [0.4, 0.5) is 0 Å². The van der Waals surface area contributed by atoms with E-state index >= 15 is 0 Å². The molecule has 1 aromatic heterocycles. The molecule has 1 unspecified atom stereocenters. The Hall–Kier alpha value is -0.690. The Morgan fingerprint density at radius 2 is 1.94 bits per heavy atom. The highest BCUT2D eigenvalue weighted by atomic mass is 79.9. The highest BCUT2D eigenvalue weighted by molar-refractivity contribution is 9.10. The van der Waals surface area contributed by atoms with Gasteiger partial charge in [-0.25, -0.2) is 13.4 Å². The third-order valence-electron chi connectivity index (χ3n) is 3.49. The van der Waals surface area contributed by atoms with Crippen molar-refractivity contribution in [3.8, 4) is 0 Å². The van der Waals surface area contributed by atoms with Crippen LogP contribution in [-0.2, 0) is 9.84 Å². The van der Waals surface area contributed by atoms with E-state index in [-0.39, 0.29) is 23.0 Å². The van der Waals surface area contributed by atoms with Gasteiger partial charge in [-0.3, -0.25) is 4.79 Å². The van der Waals surface area contributed by atoms with Crippen LogP contribution in [0.3, 0.4) is 0 Å². The minimum Gasteiger partial charge on any atom is -0.309 e. The maximum absolute atomic E-state index is 11.8. The van der Waals surface area contributed by atoms with E-state index in [0.717, 1.165) is 18.5 Å². The maximum atomic E-state index is 11.8. The number of nitrogens with zero attached hydrogens (tertiary/aromatic N) is 1. The van der Waals surface area contributed by atoms with E-state index in [4.69, 9.17) is 0 Å². The fourth-order valence-corrected chi connectivity index (χ4v) is 4.59. The SMILES string of the molecule is O=c1[nH]c(C2CCS(=O)(=O)C2)nc(C2CC2)c1Br. The summed E-state index contributed by atoms with van der Waals surface area (Å²) in [5.41, 5.74) is 0.587. The highest BCUT2D eigenvalue weighted by Crippen LogP contribution is 2.41. The normalized spacial score (nSPS) is 26.4. The van der Waals surface area contributed by atoms with Crippen molar-refractivity contribution in [2.75, 3.05) is 11.5 Å². The number of nitrogens with one attached hydrogen (secondary N) is 1.